The molecule has 0 heterocycles. The molecule has 0 atom stereocenters. The fraction of sp³-hybridized carbons (Fsp3) is 0.300. The van der Waals surface area contributed by atoms with E-state index in [-0.39, 0.29) is 5.78 Å². The zero-order chi connectivity index (χ0) is 17.9. The van der Waals surface area contributed by atoms with Gasteiger partial charge >= 0.3 is 0 Å². The fourth-order valence-corrected chi connectivity index (χ4v) is 9.74. The summed E-state index contributed by atoms with van der Waals surface area (Å²) in [5.41, 5.74) is 4.38. The Hall–Kier alpha value is -1.97. The molecule has 0 aromatic heterocycles. The molecule has 0 unspecified atom stereocenters. The average molecular weight is 350 g/mol. The molecule has 1 aliphatic rings. The minimum Gasteiger partial charge on any atom is -0.289 e. The number of benzene rings is 2. The summed E-state index contributed by atoms with van der Waals surface area (Å²) in [6.45, 7) is 13.7. The van der Waals surface area contributed by atoms with Gasteiger partial charge in [-0.1, -0.05) is 63.5 Å². The number of hydrogen-bond donors (Lipinski definition) is 0. The van der Waals surface area contributed by atoms with Crippen molar-refractivity contribution in [3.63, 3.8) is 0 Å². The molecule has 0 fully saturated rings. The van der Waals surface area contributed by atoms with Gasteiger partial charge in [0.1, 0.15) is 0 Å². The van der Waals surface area contributed by atoms with E-state index < -0.39 is 16.1 Å². The first-order valence-corrected chi connectivity index (χ1v) is 15.3. The lowest BCUT2D eigenvalue weighted by Gasteiger charge is -2.31. The van der Waals surface area contributed by atoms with Gasteiger partial charge in [-0.15, -0.1) is 0 Å². The van der Waals surface area contributed by atoms with Crippen molar-refractivity contribution in [2.45, 2.75) is 39.3 Å². The number of nitrogens with zero attached hydrogens (tertiary/aromatic N) is 1. The number of ketones is 1. The second-order valence-corrected chi connectivity index (χ2v) is 18.6. The predicted molar refractivity (Wildman–Crippen MR) is 106 cm³/mol. The Morgan fingerprint density at radius 1 is 0.833 bits per heavy atom. The van der Waals surface area contributed by atoms with E-state index in [9.17, 15) is 10.1 Å². The molecule has 0 saturated heterocycles. The molecule has 0 spiro atoms. The normalized spacial score (nSPS) is 13.5. The molecule has 2 aromatic rings. The van der Waals surface area contributed by atoms with Gasteiger partial charge in [0.2, 0.25) is 0 Å². The van der Waals surface area contributed by atoms with Crippen molar-refractivity contribution < 1.29 is 4.79 Å². The highest BCUT2D eigenvalue weighted by Crippen LogP contribution is 2.37. The first kappa shape index (κ1) is 16.9. The highest BCUT2D eigenvalue weighted by atomic mass is 28.3. The Morgan fingerprint density at radius 2 is 1.38 bits per heavy atom. The topological polar surface area (TPSA) is 40.9 Å². The van der Waals surface area contributed by atoms with Crippen molar-refractivity contribution in [3.05, 3.63) is 47.0 Å². The monoisotopic (exact) mass is 349 g/mol. The van der Waals surface area contributed by atoms with E-state index in [4.69, 9.17) is 0 Å². The summed E-state index contributed by atoms with van der Waals surface area (Å²) in [7, 11) is -3.58. The fourth-order valence-electron chi connectivity index (χ4n) is 3.80. The summed E-state index contributed by atoms with van der Waals surface area (Å²) in [5, 5.41) is 12.2. The van der Waals surface area contributed by atoms with Gasteiger partial charge < -0.3 is 0 Å². The van der Waals surface area contributed by atoms with Crippen LogP contribution in [0.3, 0.4) is 0 Å². The molecule has 0 radical (unpaired) electrons. The Kier molecular flexibility index (Phi) is 3.70. The van der Waals surface area contributed by atoms with Crippen LogP contribution in [0, 0.1) is 11.3 Å². The van der Waals surface area contributed by atoms with Crippen LogP contribution in [0.4, 0.5) is 0 Å². The van der Waals surface area contributed by atoms with Crippen LogP contribution in [0.15, 0.2) is 30.3 Å². The Morgan fingerprint density at radius 3 is 1.88 bits per heavy atom. The predicted octanol–water partition coefficient (Wildman–Crippen LogP) is 3.86. The van der Waals surface area contributed by atoms with E-state index in [1.807, 2.05) is 30.3 Å². The van der Waals surface area contributed by atoms with Crippen LogP contribution in [0.1, 0.15) is 21.5 Å². The maximum Gasteiger partial charge on any atom is 0.194 e. The molecule has 0 saturated carbocycles. The van der Waals surface area contributed by atoms with Crippen LogP contribution in [0.25, 0.3) is 11.1 Å². The molecule has 2 aromatic carbocycles. The Labute approximate surface area is 146 Å². The van der Waals surface area contributed by atoms with Crippen LogP contribution in [-0.2, 0) is 0 Å². The summed E-state index contributed by atoms with van der Waals surface area (Å²) in [4.78, 5) is 13.2. The lowest BCUT2D eigenvalue weighted by molar-refractivity contribution is 0.104. The van der Waals surface area contributed by atoms with Crippen molar-refractivity contribution in [2.75, 3.05) is 0 Å². The highest BCUT2D eigenvalue weighted by molar-refractivity contribution is 6.99. The number of hydrogen-bond acceptors (Lipinski definition) is 2. The first-order chi connectivity index (χ1) is 11.1. The van der Waals surface area contributed by atoms with Crippen LogP contribution < -0.4 is 10.4 Å². The summed E-state index contributed by atoms with van der Waals surface area (Å²) in [5.74, 6) is 0.141. The number of carbonyl (C=O) groups excluding carboxylic acids is 1. The van der Waals surface area contributed by atoms with Crippen molar-refractivity contribution in [3.8, 4) is 17.2 Å². The zero-order valence-electron chi connectivity index (χ0n) is 15.2. The van der Waals surface area contributed by atoms with Gasteiger partial charge in [0.25, 0.3) is 0 Å². The second kappa shape index (κ2) is 5.27. The van der Waals surface area contributed by atoms with Gasteiger partial charge in [0, 0.05) is 11.1 Å². The number of nitriles is 1. The molecule has 122 valence electrons. The van der Waals surface area contributed by atoms with Gasteiger partial charge in [-0.05, 0) is 27.6 Å². The molecule has 0 amide bonds. The van der Waals surface area contributed by atoms with E-state index in [2.05, 4.69) is 45.4 Å². The van der Waals surface area contributed by atoms with Gasteiger partial charge in [-0.2, -0.15) is 5.26 Å². The molecule has 0 aliphatic heterocycles. The first-order valence-electron chi connectivity index (χ1n) is 8.33. The van der Waals surface area contributed by atoms with Crippen LogP contribution in [0.5, 0.6) is 0 Å². The second-order valence-electron chi connectivity index (χ2n) is 8.58. The van der Waals surface area contributed by atoms with E-state index >= 15 is 0 Å². The third-order valence-electron chi connectivity index (χ3n) is 4.64. The molecular formula is C20H23NOSi2. The molecule has 24 heavy (non-hydrogen) atoms. The molecule has 2 nitrogen and oxygen atoms in total. The van der Waals surface area contributed by atoms with E-state index in [0.717, 1.165) is 27.8 Å². The maximum absolute atomic E-state index is 13.2. The average Bonchev–Trinajstić information content (AvgIpc) is 2.77. The highest BCUT2D eigenvalue weighted by Gasteiger charge is 2.39. The molecule has 4 heteroatoms. The lowest BCUT2D eigenvalue weighted by Crippen LogP contribution is -2.59. The standard InChI is InChI=1S/C20H23NOSi2/c1-23(2,3)19-13(12-21)11-16-14-9-7-8-10-15(14)18(22)17(16)20(19)24(4,5)6/h7-11H,1-6H3. The summed E-state index contributed by atoms with van der Waals surface area (Å²) < 4.78 is 0. The maximum atomic E-state index is 13.2. The molecule has 1 aliphatic carbocycles. The van der Waals surface area contributed by atoms with E-state index in [0.29, 0.717) is 0 Å². The third-order valence-corrected chi connectivity index (χ3v) is 8.91. The van der Waals surface area contributed by atoms with Crippen LogP contribution in [0.2, 0.25) is 39.3 Å². The zero-order valence-corrected chi connectivity index (χ0v) is 17.2. The van der Waals surface area contributed by atoms with Crippen LogP contribution >= 0.6 is 0 Å². The summed E-state index contributed by atoms with van der Waals surface area (Å²) in [6.07, 6.45) is 0. The number of rotatable bonds is 2. The number of fused-ring (bicyclic) bond motifs is 3. The number of carbonyl (C=O) groups is 1. The van der Waals surface area contributed by atoms with Gasteiger partial charge in [0.15, 0.2) is 5.78 Å². The molecular weight excluding hydrogens is 326 g/mol. The summed E-state index contributed by atoms with van der Waals surface area (Å²) in [6, 6.07) is 12.2. The van der Waals surface area contributed by atoms with E-state index in [1.165, 1.54) is 10.4 Å². The Balaban J connectivity index is 2.53. The van der Waals surface area contributed by atoms with Gasteiger partial charge in [0.05, 0.1) is 27.8 Å². The third kappa shape index (κ3) is 2.40. The van der Waals surface area contributed by atoms with Crippen molar-refractivity contribution in [1.29, 1.82) is 5.26 Å². The molecule has 0 N–H and O–H groups in total. The smallest absolute Gasteiger partial charge is 0.194 e. The minimum atomic E-state index is -1.81. The minimum absolute atomic E-state index is 0.141. The van der Waals surface area contributed by atoms with E-state index in [1.54, 1.807) is 0 Å². The van der Waals surface area contributed by atoms with Gasteiger partial charge in [-0.25, -0.2) is 0 Å². The molecule has 0 bridgehead atoms. The van der Waals surface area contributed by atoms with Gasteiger partial charge in [-0.3, -0.25) is 4.79 Å². The van der Waals surface area contributed by atoms with Crippen molar-refractivity contribution in [2.24, 2.45) is 0 Å². The van der Waals surface area contributed by atoms with Crippen LogP contribution in [-0.4, -0.2) is 21.9 Å². The lowest BCUT2D eigenvalue weighted by atomic mass is 10.0. The summed E-state index contributed by atoms with van der Waals surface area (Å²) >= 11 is 0. The molecule has 3 rings (SSSR count). The quantitative estimate of drug-likeness (QED) is 0.659. The largest absolute Gasteiger partial charge is 0.289 e. The Bertz CT molecular complexity index is 909. The van der Waals surface area contributed by atoms with Crippen molar-refractivity contribution >= 4 is 32.3 Å². The SMILES string of the molecule is C[Si](C)(C)c1c(C#N)cc2c(c1[Si](C)(C)C)C(=O)c1ccccc1-2. The van der Waals surface area contributed by atoms with Crippen molar-refractivity contribution in [1.82, 2.24) is 0 Å².